The zero-order chi connectivity index (χ0) is 9.97. The summed E-state index contributed by atoms with van der Waals surface area (Å²) in [5, 5.41) is 15.1. The van der Waals surface area contributed by atoms with Gasteiger partial charge in [0.2, 0.25) is 0 Å². The molecule has 14 heavy (non-hydrogen) atoms. The van der Waals surface area contributed by atoms with Crippen LogP contribution in [0, 0.1) is 0 Å². The van der Waals surface area contributed by atoms with E-state index < -0.39 is 5.97 Å². The number of aromatic nitrogens is 2. The van der Waals surface area contributed by atoms with Gasteiger partial charge in [-0.1, -0.05) is 0 Å². The highest BCUT2D eigenvalue weighted by molar-refractivity contribution is 5.86. The number of carbonyl (C=O) groups is 1. The Labute approximate surface area is 80.5 Å². The fourth-order valence-corrected chi connectivity index (χ4v) is 1.38. The van der Waals surface area contributed by atoms with Crippen molar-refractivity contribution >= 4 is 11.8 Å². The molecule has 1 saturated heterocycles. The lowest BCUT2D eigenvalue weighted by molar-refractivity contribution is 0.0690. The van der Waals surface area contributed by atoms with Crippen LogP contribution in [0.15, 0.2) is 6.07 Å². The second-order valence-electron chi connectivity index (χ2n) is 3.04. The van der Waals surface area contributed by atoms with Crippen LogP contribution in [0.5, 0.6) is 0 Å². The summed E-state index contributed by atoms with van der Waals surface area (Å²) in [6.45, 7) is 2.83. The molecule has 2 rings (SSSR count). The molecule has 1 aliphatic rings. The third-order valence-electron chi connectivity index (χ3n) is 2.13. The summed E-state index contributed by atoms with van der Waals surface area (Å²) in [5.41, 5.74) is 0.117. The standard InChI is InChI=1S/C8H11N3O3/c12-8(13)6-5-7(10-9-6)11-1-3-14-4-2-11/h5H,1-4H2,(H,9,10)(H,12,13). The topological polar surface area (TPSA) is 78.4 Å². The summed E-state index contributed by atoms with van der Waals surface area (Å²) < 4.78 is 5.18. The van der Waals surface area contributed by atoms with Gasteiger partial charge in [0, 0.05) is 19.2 Å². The van der Waals surface area contributed by atoms with Gasteiger partial charge in [0.1, 0.15) is 5.69 Å². The maximum Gasteiger partial charge on any atom is 0.353 e. The molecular formula is C8H11N3O3. The average Bonchev–Trinajstić information content (AvgIpc) is 2.68. The Morgan fingerprint density at radius 3 is 2.86 bits per heavy atom. The lowest BCUT2D eigenvalue weighted by Crippen LogP contribution is -2.36. The van der Waals surface area contributed by atoms with Gasteiger partial charge in [-0.25, -0.2) is 4.79 Å². The van der Waals surface area contributed by atoms with Crippen LogP contribution in [-0.4, -0.2) is 47.6 Å². The summed E-state index contributed by atoms with van der Waals surface area (Å²) in [7, 11) is 0. The molecule has 76 valence electrons. The Kier molecular flexibility index (Phi) is 2.36. The molecular weight excluding hydrogens is 186 g/mol. The van der Waals surface area contributed by atoms with Crippen LogP contribution in [-0.2, 0) is 4.74 Å². The molecule has 0 amide bonds. The smallest absolute Gasteiger partial charge is 0.353 e. The molecule has 0 radical (unpaired) electrons. The highest BCUT2D eigenvalue weighted by atomic mass is 16.5. The first-order valence-corrected chi connectivity index (χ1v) is 4.39. The van der Waals surface area contributed by atoms with E-state index in [-0.39, 0.29) is 5.69 Å². The number of aromatic amines is 1. The number of carboxylic acids is 1. The van der Waals surface area contributed by atoms with E-state index in [0.717, 1.165) is 13.1 Å². The second-order valence-corrected chi connectivity index (χ2v) is 3.04. The van der Waals surface area contributed by atoms with Crippen LogP contribution in [0.2, 0.25) is 0 Å². The molecule has 1 aromatic rings. The number of nitrogens with one attached hydrogen (secondary N) is 1. The summed E-state index contributed by atoms with van der Waals surface area (Å²) in [6, 6.07) is 1.54. The summed E-state index contributed by atoms with van der Waals surface area (Å²) in [4.78, 5) is 12.6. The lowest BCUT2D eigenvalue weighted by atomic mass is 10.4. The molecule has 2 N–H and O–H groups in total. The summed E-state index contributed by atoms with van der Waals surface area (Å²) in [6.07, 6.45) is 0. The van der Waals surface area contributed by atoms with Crippen LogP contribution >= 0.6 is 0 Å². The van der Waals surface area contributed by atoms with Gasteiger partial charge < -0.3 is 14.7 Å². The Bertz CT molecular complexity index is 330. The maximum atomic E-state index is 10.6. The number of H-pyrrole nitrogens is 1. The number of nitrogens with zero attached hydrogens (tertiary/aromatic N) is 2. The van der Waals surface area contributed by atoms with E-state index in [9.17, 15) is 4.79 Å². The van der Waals surface area contributed by atoms with Crippen molar-refractivity contribution < 1.29 is 14.6 Å². The molecule has 2 heterocycles. The number of carboxylic acid groups (broad SMARTS) is 1. The van der Waals surface area contributed by atoms with Crippen LogP contribution in [0.1, 0.15) is 10.5 Å². The average molecular weight is 197 g/mol. The quantitative estimate of drug-likeness (QED) is 0.694. The molecule has 0 unspecified atom stereocenters. The molecule has 6 heteroatoms. The number of aromatic carboxylic acids is 1. The van der Waals surface area contributed by atoms with Crippen molar-refractivity contribution in [2.45, 2.75) is 0 Å². The van der Waals surface area contributed by atoms with Crippen molar-refractivity contribution in [3.63, 3.8) is 0 Å². The predicted octanol–water partition coefficient (Wildman–Crippen LogP) is -0.0555. The molecule has 6 nitrogen and oxygen atoms in total. The van der Waals surface area contributed by atoms with Gasteiger partial charge in [-0.05, 0) is 0 Å². The van der Waals surface area contributed by atoms with Gasteiger partial charge in [-0.15, -0.1) is 0 Å². The van der Waals surface area contributed by atoms with Gasteiger partial charge in [-0.3, -0.25) is 5.10 Å². The molecule has 0 bridgehead atoms. The molecule has 0 atom stereocenters. The van der Waals surface area contributed by atoms with E-state index in [2.05, 4.69) is 10.2 Å². The second kappa shape index (κ2) is 3.67. The van der Waals surface area contributed by atoms with Crippen molar-refractivity contribution in [1.82, 2.24) is 10.2 Å². The number of hydrogen-bond acceptors (Lipinski definition) is 4. The lowest BCUT2D eigenvalue weighted by Gasteiger charge is -2.26. The van der Waals surface area contributed by atoms with Crippen molar-refractivity contribution in [1.29, 1.82) is 0 Å². The van der Waals surface area contributed by atoms with E-state index in [4.69, 9.17) is 9.84 Å². The van der Waals surface area contributed by atoms with E-state index in [1.54, 1.807) is 0 Å². The minimum atomic E-state index is -0.989. The van der Waals surface area contributed by atoms with Gasteiger partial charge >= 0.3 is 5.97 Å². The van der Waals surface area contributed by atoms with Crippen molar-refractivity contribution in [3.8, 4) is 0 Å². The predicted molar refractivity (Wildman–Crippen MR) is 48.6 cm³/mol. The zero-order valence-corrected chi connectivity index (χ0v) is 7.56. The molecule has 0 saturated carbocycles. The van der Waals surface area contributed by atoms with Crippen LogP contribution in [0.4, 0.5) is 5.82 Å². The summed E-state index contributed by atoms with van der Waals surface area (Å²) in [5.74, 6) is -0.317. The van der Waals surface area contributed by atoms with Gasteiger partial charge in [-0.2, -0.15) is 5.10 Å². The molecule has 1 fully saturated rings. The van der Waals surface area contributed by atoms with E-state index in [1.807, 2.05) is 4.90 Å². The number of rotatable bonds is 2. The van der Waals surface area contributed by atoms with Gasteiger partial charge in [0.05, 0.1) is 13.2 Å². The number of morpholine rings is 1. The van der Waals surface area contributed by atoms with Crippen molar-refractivity contribution in [2.24, 2.45) is 0 Å². The first-order valence-electron chi connectivity index (χ1n) is 4.39. The molecule has 0 spiro atoms. The number of hydrogen-bond donors (Lipinski definition) is 2. The molecule has 0 aliphatic carbocycles. The van der Waals surface area contributed by atoms with Crippen LogP contribution < -0.4 is 4.90 Å². The fourth-order valence-electron chi connectivity index (χ4n) is 1.38. The maximum absolute atomic E-state index is 10.6. The Morgan fingerprint density at radius 1 is 1.57 bits per heavy atom. The highest BCUT2D eigenvalue weighted by Gasteiger charge is 2.15. The minimum Gasteiger partial charge on any atom is -0.477 e. The number of ether oxygens (including phenoxy) is 1. The van der Waals surface area contributed by atoms with E-state index in [1.165, 1.54) is 6.07 Å². The molecule has 1 aromatic heterocycles. The van der Waals surface area contributed by atoms with Gasteiger partial charge in [0.25, 0.3) is 0 Å². The third kappa shape index (κ3) is 1.69. The molecule has 0 aromatic carbocycles. The first-order chi connectivity index (χ1) is 6.77. The van der Waals surface area contributed by atoms with Crippen LogP contribution in [0.25, 0.3) is 0 Å². The molecule has 1 aliphatic heterocycles. The van der Waals surface area contributed by atoms with Crippen molar-refractivity contribution in [3.05, 3.63) is 11.8 Å². The Balaban J connectivity index is 2.11. The van der Waals surface area contributed by atoms with E-state index in [0.29, 0.717) is 19.0 Å². The van der Waals surface area contributed by atoms with Gasteiger partial charge in [0.15, 0.2) is 5.82 Å². The monoisotopic (exact) mass is 197 g/mol. The first kappa shape index (κ1) is 9.01. The number of anilines is 1. The normalized spacial score (nSPS) is 17.0. The van der Waals surface area contributed by atoms with E-state index >= 15 is 0 Å². The van der Waals surface area contributed by atoms with Crippen molar-refractivity contribution in [2.75, 3.05) is 31.2 Å². The fraction of sp³-hybridized carbons (Fsp3) is 0.500. The summed E-state index contributed by atoms with van der Waals surface area (Å²) >= 11 is 0. The SMILES string of the molecule is O=C(O)c1cc(N2CCOCC2)n[nH]1. The largest absolute Gasteiger partial charge is 0.477 e. The zero-order valence-electron chi connectivity index (χ0n) is 7.56. The minimum absolute atomic E-state index is 0.117. The third-order valence-corrected chi connectivity index (χ3v) is 2.13. The Hall–Kier alpha value is -1.56. The van der Waals surface area contributed by atoms with Crippen LogP contribution in [0.3, 0.4) is 0 Å². The Morgan fingerprint density at radius 2 is 2.29 bits per heavy atom. The highest BCUT2D eigenvalue weighted by Crippen LogP contribution is 2.13.